The molecule has 0 aliphatic heterocycles. The Morgan fingerprint density at radius 3 is 2.58 bits per heavy atom. The lowest BCUT2D eigenvalue weighted by Crippen LogP contribution is -2.22. The number of aromatic nitrogens is 1. The van der Waals surface area contributed by atoms with Crippen LogP contribution in [-0.4, -0.2) is 46.2 Å². The zero-order valence-corrected chi connectivity index (χ0v) is 12.6. The van der Waals surface area contributed by atoms with E-state index in [1.165, 1.54) is 12.5 Å². The molecule has 1 heterocycles. The number of anilines is 1. The third-order valence-electron chi connectivity index (χ3n) is 1.72. The van der Waals surface area contributed by atoms with Gasteiger partial charge in [-0.1, -0.05) is 0 Å². The van der Waals surface area contributed by atoms with Crippen molar-refractivity contribution >= 4 is 42.3 Å². The van der Waals surface area contributed by atoms with Crippen molar-refractivity contribution in [2.24, 2.45) is 0 Å². The summed E-state index contributed by atoms with van der Waals surface area (Å²) in [6, 6.07) is 0. The molecule has 0 bridgehead atoms. The number of thiazole rings is 1. The minimum absolute atomic E-state index is 0.00236. The Balaban J connectivity index is 2.76. The summed E-state index contributed by atoms with van der Waals surface area (Å²) in [7, 11) is -6.46. The number of rotatable bonds is 6. The molecule has 1 aromatic heterocycles. The Kier molecular flexibility index (Phi) is 4.87. The minimum Gasteiger partial charge on any atom is -0.469 e. The molecule has 0 aromatic carbocycles. The Labute approximate surface area is 114 Å². The quantitative estimate of drug-likeness (QED) is 0.706. The smallest absolute Gasteiger partial charge is 0.311 e. The predicted octanol–water partition coefficient (Wildman–Crippen LogP) is -0.398. The van der Waals surface area contributed by atoms with Crippen molar-refractivity contribution in [3.05, 3.63) is 11.1 Å². The average molecular weight is 328 g/mol. The van der Waals surface area contributed by atoms with Crippen molar-refractivity contribution in [3.8, 4) is 0 Å². The molecular formula is C8H12N2O6S3. The highest BCUT2D eigenvalue weighted by Gasteiger charge is 2.19. The molecule has 0 spiro atoms. The van der Waals surface area contributed by atoms with E-state index in [1.807, 2.05) is 4.72 Å². The fraction of sp³-hybridized carbons (Fsp3) is 0.500. The van der Waals surface area contributed by atoms with Crippen LogP contribution in [0.1, 0.15) is 5.69 Å². The molecule has 0 saturated heterocycles. The number of esters is 1. The maximum atomic E-state index is 11.5. The van der Waals surface area contributed by atoms with E-state index in [4.69, 9.17) is 0 Å². The Hall–Kier alpha value is -1.20. The molecule has 0 unspecified atom stereocenters. The molecular weight excluding hydrogens is 316 g/mol. The van der Waals surface area contributed by atoms with Crippen LogP contribution < -0.4 is 4.72 Å². The average Bonchev–Trinajstić information content (AvgIpc) is 2.60. The van der Waals surface area contributed by atoms with E-state index >= 15 is 0 Å². The van der Waals surface area contributed by atoms with Crippen molar-refractivity contribution in [2.45, 2.75) is 6.42 Å². The lowest BCUT2D eigenvalue weighted by Gasteiger charge is -2.02. The largest absolute Gasteiger partial charge is 0.469 e. The summed E-state index contributed by atoms with van der Waals surface area (Å²) in [4.78, 5) is 14.8. The number of hydrogen-bond donors (Lipinski definition) is 1. The SMILES string of the molecule is COC(=O)Cc1csc(NS(=O)(=O)CS(C)(=O)=O)n1. The van der Waals surface area contributed by atoms with Crippen molar-refractivity contribution < 1.29 is 26.4 Å². The van der Waals surface area contributed by atoms with E-state index in [2.05, 4.69) is 9.72 Å². The number of carbonyl (C=O) groups is 1. The number of sulfone groups is 1. The van der Waals surface area contributed by atoms with Gasteiger partial charge in [0.2, 0.25) is 10.0 Å². The summed E-state index contributed by atoms with van der Waals surface area (Å²) in [5.41, 5.74) is 0.342. The molecule has 0 atom stereocenters. The lowest BCUT2D eigenvalue weighted by atomic mass is 10.3. The highest BCUT2D eigenvalue weighted by atomic mass is 32.3. The molecule has 0 radical (unpaired) electrons. The number of methoxy groups -OCH3 is 1. The van der Waals surface area contributed by atoms with Gasteiger partial charge < -0.3 is 4.74 Å². The first kappa shape index (κ1) is 15.9. The van der Waals surface area contributed by atoms with Gasteiger partial charge in [-0.15, -0.1) is 11.3 Å². The van der Waals surface area contributed by atoms with Crippen LogP contribution in [0.15, 0.2) is 5.38 Å². The van der Waals surface area contributed by atoms with Gasteiger partial charge in [0.15, 0.2) is 20.1 Å². The predicted molar refractivity (Wildman–Crippen MR) is 70.1 cm³/mol. The number of nitrogens with one attached hydrogen (secondary N) is 1. The van der Waals surface area contributed by atoms with Gasteiger partial charge in [-0.05, 0) is 0 Å². The maximum absolute atomic E-state index is 11.5. The van der Waals surface area contributed by atoms with Crippen molar-refractivity contribution in [3.63, 3.8) is 0 Å². The van der Waals surface area contributed by atoms with Gasteiger partial charge in [0, 0.05) is 11.6 Å². The monoisotopic (exact) mass is 328 g/mol. The van der Waals surface area contributed by atoms with Gasteiger partial charge in [0.05, 0.1) is 19.2 Å². The second kappa shape index (κ2) is 5.84. The van der Waals surface area contributed by atoms with Crippen LogP contribution in [0.2, 0.25) is 0 Å². The first-order valence-corrected chi connectivity index (χ1v) is 9.40. The van der Waals surface area contributed by atoms with Crippen LogP contribution in [0.25, 0.3) is 0 Å². The lowest BCUT2D eigenvalue weighted by molar-refractivity contribution is -0.139. The van der Waals surface area contributed by atoms with E-state index in [1.54, 1.807) is 0 Å². The molecule has 0 saturated carbocycles. The fourth-order valence-electron chi connectivity index (χ4n) is 1.10. The Morgan fingerprint density at radius 2 is 2.05 bits per heavy atom. The minimum atomic E-state index is -4.02. The molecule has 0 fully saturated rings. The number of nitrogens with zero attached hydrogens (tertiary/aromatic N) is 1. The molecule has 1 rings (SSSR count). The highest BCUT2D eigenvalue weighted by molar-refractivity contribution is 8.08. The zero-order chi connectivity index (χ0) is 14.7. The fourth-order valence-corrected chi connectivity index (χ4v) is 5.03. The van der Waals surface area contributed by atoms with E-state index < -0.39 is 30.9 Å². The van der Waals surface area contributed by atoms with Crippen molar-refractivity contribution in [2.75, 3.05) is 23.2 Å². The number of ether oxygens (including phenoxy) is 1. The van der Waals surface area contributed by atoms with Gasteiger partial charge in [-0.25, -0.2) is 21.8 Å². The summed E-state index contributed by atoms with van der Waals surface area (Å²) in [5.74, 6) is -0.504. The molecule has 1 N–H and O–H groups in total. The molecule has 1 aromatic rings. The summed E-state index contributed by atoms with van der Waals surface area (Å²) in [5, 5.41) is 0.462. The van der Waals surface area contributed by atoms with Gasteiger partial charge in [-0.3, -0.25) is 9.52 Å². The van der Waals surface area contributed by atoms with Gasteiger partial charge in [-0.2, -0.15) is 0 Å². The third kappa shape index (κ3) is 5.98. The third-order valence-corrected chi connectivity index (χ3v) is 6.11. The molecule has 0 amide bonds. The number of carbonyl (C=O) groups excluding carboxylic acids is 1. The summed E-state index contributed by atoms with van der Waals surface area (Å²) in [6.45, 7) is 0. The Bertz CT molecular complexity index is 660. The molecule has 0 aliphatic carbocycles. The second-order valence-electron chi connectivity index (χ2n) is 3.66. The summed E-state index contributed by atoms with van der Waals surface area (Å²) < 4.78 is 51.3. The molecule has 108 valence electrons. The molecule has 11 heteroatoms. The number of hydrogen-bond acceptors (Lipinski definition) is 8. The van der Waals surface area contributed by atoms with E-state index in [0.717, 1.165) is 17.6 Å². The Morgan fingerprint density at radius 1 is 1.42 bits per heavy atom. The van der Waals surface area contributed by atoms with Crippen LogP contribution in [0, 0.1) is 0 Å². The van der Waals surface area contributed by atoms with E-state index in [-0.39, 0.29) is 11.6 Å². The second-order valence-corrected chi connectivity index (χ2v) is 8.74. The van der Waals surface area contributed by atoms with Crippen molar-refractivity contribution in [1.29, 1.82) is 0 Å². The van der Waals surface area contributed by atoms with E-state index in [9.17, 15) is 21.6 Å². The van der Waals surface area contributed by atoms with Crippen LogP contribution in [0.3, 0.4) is 0 Å². The van der Waals surface area contributed by atoms with Gasteiger partial charge >= 0.3 is 5.97 Å². The topological polar surface area (TPSA) is 119 Å². The van der Waals surface area contributed by atoms with E-state index in [0.29, 0.717) is 5.69 Å². The maximum Gasteiger partial charge on any atom is 0.311 e. The standard InChI is InChI=1S/C8H12N2O6S3/c1-16-7(11)3-6-4-17-8(9-6)10-19(14,15)5-18(2,12)13/h4H,3,5H2,1-2H3,(H,9,10). The zero-order valence-electron chi connectivity index (χ0n) is 10.1. The normalized spacial score (nSPS) is 12.1. The number of sulfonamides is 1. The van der Waals surface area contributed by atoms with Crippen LogP contribution in [0.5, 0.6) is 0 Å². The van der Waals surface area contributed by atoms with Gasteiger partial charge in [0.25, 0.3) is 0 Å². The first-order valence-electron chi connectivity index (χ1n) is 4.81. The summed E-state index contributed by atoms with van der Waals surface area (Å²) in [6.07, 6.45) is 0.734. The first-order chi connectivity index (χ1) is 8.61. The van der Waals surface area contributed by atoms with Crippen LogP contribution in [0.4, 0.5) is 5.13 Å². The van der Waals surface area contributed by atoms with Crippen LogP contribution >= 0.6 is 11.3 Å². The molecule has 0 aliphatic rings. The molecule has 19 heavy (non-hydrogen) atoms. The van der Waals surface area contributed by atoms with Crippen molar-refractivity contribution in [1.82, 2.24) is 4.98 Å². The highest BCUT2D eigenvalue weighted by Crippen LogP contribution is 2.17. The van der Waals surface area contributed by atoms with Crippen LogP contribution in [-0.2, 0) is 35.8 Å². The molecule has 8 nitrogen and oxygen atoms in total. The van der Waals surface area contributed by atoms with Gasteiger partial charge in [0.1, 0.15) is 0 Å². The summed E-state index contributed by atoms with van der Waals surface area (Å²) >= 11 is 0.951.